The molecule has 1 atom stereocenters. The van der Waals surface area contributed by atoms with Gasteiger partial charge in [0.05, 0.1) is 5.69 Å². The first kappa shape index (κ1) is 10.3. The Balaban J connectivity index is 2.12. The highest BCUT2D eigenvalue weighted by Crippen LogP contribution is 2.32. The van der Waals surface area contributed by atoms with Crippen LogP contribution in [0.2, 0.25) is 0 Å². The zero-order chi connectivity index (χ0) is 11.7. The van der Waals surface area contributed by atoms with Crippen LogP contribution >= 0.6 is 0 Å². The summed E-state index contributed by atoms with van der Waals surface area (Å²) in [5.74, 6) is 0.940. The molecule has 0 amide bonds. The van der Waals surface area contributed by atoms with E-state index in [2.05, 4.69) is 11.1 Å². The minimum absolute atomic E-state index is 0.0763. The Hall–Kier alpha value is -1.87. The summed E-state index contributed by atoms with van der Waals surface area (Å²) in [7, 11) is 0. The van der Waals surface area contributed by atoms with E-state index in [-0.39, 0.29) is 6.04 Å². The lowest BCUT2D eigenvalue weighted by Crippen LogP contribution is -2.34. The molecular formula is C14H14N2O. The number of hydrogen-bond donors (Lipinski definition) is 1. The maximum Gasteiger partial charge on any atom is 0.123 e. The van der Waals surface area contributed by atoms with Crippen molar-refractivity contribution >= 4 is 0 Å². The maximum absolute atomic E-state index is 5.95. The Bertz CT molecular complexity index is 525. The zero-order valence-electron chi connectivity index (χ0n) is 9.47. The van der Waals surface area contributed by atoms with Crippen molar-refractivity contribution in [3.05, 3.63) is 48.2 Å². The second kappa shape index (κ2) is 4.18. The fraction of sp³-hybridized carbons (Fsp3) is 0.214. The Morgan fingerprint density at radius 3 is 2.94 bits per heavy atom. The fourth-order valence-corrected chi connectivity index (χ4v) is 2.19. The Morgan fingerprint density at radius 1 is 1.18 bits per heavy atom. The summed E-state index contributed by atoms with van der Waals surface area (Å²) >= 11 is 0. The third-order valence-corrected chi connectivity index (χ3v) is 2.99. The molecule has 0 aliphatic carbocycles. The van der Waals surface area contributed by atoms with Crippen LogP contribution in [0.3, 0.4) is 0 Å². The van der Waals surface area contributed by atoms with Gasteiger partial charge in [0.1, 0.15) is 12.4 Å². The zero-order valence-corrected chi connectivity index (χ0v) is 9.47. The van der Waals surface area contributed by atoms with Crippen molar-refractivity contribution in [2.24, 2.45) is 5.73 Å². The van der Waals surface area contributed by atoms with Crippen LogP contribution in [0.15, 0.2) is 42.6 Å². The molecule has 0 bridgehead atoms. The minimum Gasteiger partial charge on any atom is -0.492 e. The van der Waals surface area contributed by atoms with E-state index < -0.39 is 0 Å². The minimum atomic E-state index is 0.0763. The third kappa shape index (κ3) is 1.89. The molecule has 2 N–H and O–H groups in total. The highest BCUT2D eigenvalue weighted by atomic mass is 16.5. The van der Waals surface area contributed by atoms with Gasteiger partial charge in [-0.1, -0.05) is 18.2 Å². The van der Waals surface area contributed by atoms with Gasteiger partial charge >= 0.3 is 0 Å². The predicted octanol–water partition coefficient (Wildman–Crippen LogP) is 2.01. The number of aromatic nitrogens is 1. The molecule has 1 aromatic heterocycles. The van der Waals surface area contributed by atoms with Crippen molar-refractivity contribution in [1.29, 1.82) is 0 Å². The average molecular weight is 226 g/mol. The molecular weight excluding hydrogens is 212 g/mol. The first-order valence-corrected chi connectivity index (χ1v) is 5.76. The van der Waals surface area contributed by atoms with Crippen molar-refractivity contribution in [2.45, 2.75) is 12.5 Å². The SMILES string of the molecule is N[C@@H]1COc2cccc(-c3ccccn3)c2C1. The van der Waals surface area contributed by atoms with Gasteiger partial charge < -0.3 is 10.5 Å². The number of benzene rings is 1. The average Bonchev–Trinajstić information content (AvgIpc) is 2.39. The number of ether oxygens (including phenoxy) is 1. The van der Waals surface area contributed by atoms with E-state index in [4.69, 9.17) is 10.5 Å². The molecule has 3 nitrogen and oxygen atoms in total. The van der Waals surface area contributed by atoms with E-state index in [1.165, 1.54) is 5.56 Å². The molecule has 1 aliphatic rings. The van der Waals surface area contributed by atoms with Gasteiger partial charge in [-0.15, -0.1) is 0 Å². The number of fused-ring (bicyclic) bond motifs is 1. The maximum atomic E-state index is 5.95. The van der Waals surface area contributed by atoms with Crippen molar-refractivity contribution in [1.82, 2.24) is 4.98 Å². The molecule has 2 heterocycles. The highest BCUT2D eigenvalue weighted by Gasteiger charge is 2.20. The molecule has 0 spiro atoms. The normalized spacial score (nSPS) is 18.3. The Labute approximate surface area is 100 Å². The van der Waals surface area contributed by atoms with Crippen LogP contribution in [0.1, 0.15) is 5.56 Å². The van der Waals surface area contributed by atoms with Crippen molar-refractivity contribution in [3.8, 4) is 17.0 Å². The molecule has 3 rings (SSSR count). The quantitative estimate of drug-likeness (QED) is 0.809. The summed E-state index contributed by atoms with van der Waals surface area (Å²) in [5, 5.41) is 0. The Morgan fingerprint density at radius 2 is 2.12 bits per heavy atom. The van der Waals surface area contributed by atoms with Gasteiger partial charge in [-0.25, -0.2) is 0 Å². The lowest BCUT2D eigenvalue weighted by molar-refractivity contribution is 0.264. The lowest BCUT2D eigenvalue weighted by atomic mass is 9.95. The molecule has 0 saturated heterocycles. The van der Waals surface area contributed by atoms with Gasteiger partial charge in [-0.3, -0.25) is 4.98 Å². The molecule has 3 heteroatoms. The van der Waals surface area contributed by atoms with Crippen molar-refractivity contribution in [2.75, 3.05) is 6.61 Å². The molecule has 1 aromatic carbocycles. The summed E-state index contributed by atoms with van der Waals surface area (Å²) in [5.41, 5.74) is 9.22. The molecule has 0 saturated carbocycles. The van der Waals surface area contributed by atoms with E-state index in [1.807, 2.05) is 30.3 Å². The number of rotatable bonds is 1. The summed E-state index contributed by atoms with van der Waals surface area (Å²) in [6, 6.07) is 12.1. The van der Waals surface area contributed by atoms with Crippen molar-refractivity contribution in [3.63, 3.8) is 0 Å². The number of nitrogens with zero attached hydrogens (tertiary/aromatic N) is 1. The molecule has 0 radical (unpaired) electrons. The van der Waals surface area contributed by atoms with Crippen LogP contribution in [0.4, 0.5) is 0 Å². The molecule has 2 aromatic rings. The molecule has 0 unspecified atom stereocenters. The van der Waals surface area contributed by atoms with Gasteiger partial charge in [-0.05, 0) is 24.6 Å². The first-order valence-electron chi connectivity index (χ1n) is 5.76. The smallest absolute Gasteiger partial charge is 0.123 e. The first-order chi connectivity index (χ1) is 8.34. The van der Waals surface area contributed by atoms with Crippen LogP contribution in [0.5, 0.6) is 5.75 Å². The lowest BCUT2D eigenvalue weighted by Gasteiger charge is -2.24. The summed E-state index contributed by atoms with van der Waals surface area (Å²) in [6.07, 6.45) is 2.65. The van der Waals surface area contributed by atoms with E-state index in [9.17, 15) is 0 Å². The third-order valence-electron chi connectivity index (χ3n) is 2.99. The van der Waals surface area contributed by atoms with Crippen LogP contribution in [0.25, 0.3) is 11.3 Å². The number of pyridine rings is 1. The van der Waals surface area contributed by atoms with Crippen molar-refractivity contribution < 1.29 is 4.74 Å². The summed E-state index contributed by atoms with van der Waals surface area (Å²) < 4.78 is 5.65. The summed E-state index contributed by atoms with van der Waals surface area (Å²) in [4.78, 5) is 4.39. The van der Waals surface area contributed by atoms with Crippen LogP contribution in [0, 0.1) is 0 Å². The Kier molecular flexibility index (Phi) is 2.53. The molecule has 1 aliphatic heterocycles. The number of nitrogens with two attached hydrogens (primary N) is 1. The van der Waals surface area contributed by atoms with Crippen LogP contribution in [-0.2, 0) is 6.42 Å². The standard InChI is InChI=1S/C14H14N2O/c15-10-8-12-11(13-5-1-2-7-16-13)4-3-6-14(12)17-9-10/h1-7,10H,8-9,15H2/t10-/m0/s1. The van der Waals surface area contributed by atoms with Gasteiger partial charge in [0.2, 0.25) is 0 Å². The summed E-state index contributed by atoms with van der Waals surface area (Å²) in [6.45, 7) is 0.596. The second-order valence-corrected chi connectivity index (χ2v) is 4.27. The van der Waals surface area contributed by atoms with Gasteiger partial charge in [-0.2, -0.15) is 0 Å². The van der Waals surface area contributed by atoms with Gasteiger partial charge in [0.15, 0.2) is 0 Å². The van der Waals surface area contributed by atoms with Crippen LogP contribution in [-0.4, -0.2) is 17.6 Å². The predicted molar refractivity (Wildman–Crippen MR) is 66.8 cm³/mol. The van der Waals surface area contributed by atoms with E-state index in [1.54, 1.807) is 6.20 Å². The van der Waals surface area contributed by atoms with E-state index in [0.717, 1.165) is 23.4 Å². The van der Waals surface area contributed by atoms with Crippen LogP contribution < -0.4 is 10.5 Å². The van der Waals surface area contributed by atoms with Gasteiger partial charge in [0.25, 0.3) is 0 Å². The molecule has 17 heavy (non-hydrogen) atoms. The highest BCUT2D eigenvalue weighted by molar-refractivity contribution is 5.67. The molecule has 0 fully saturated rings. The topological polar surface area (TPSA) is 48.1 Å². The van der Waals surface area contributed by atoms with Gasteiger partial charge in [0, 0.05) is 23.4 Å². The van der Waals surface area contributed by atoms with E-state index in [0.29, 0.717) is 6.61 Å². The second-order valence-electron chi connectivity index (χ2n) is 4.27. The largest absolute Gasteiger partial charge is 0.492 e. The fourth-order valence-electron chi connectivity index (χ4n) is 2.19. The number of hydrogen-bond acceptors (Lipinski definition) is 3. The monoisotopic (exact) mass is 226 g/mol. The van der Waals surface area contributed by atoms with E-state index >= 15 is 0 Å². The molecule has 86 valence electrons.